The summed E-state index contributed by atoms with van der Waals surface area (Å²) in [6.45, 7) is 5.18. The van der Waals surface area contributed by atoms with Gasteiger partial charge in [0.15, 0.2) is 5.13 Å². The molecule has 1 aliphatic heterocycles. The van der Waals surface area contributed by atoms with Gasteiger partial charge in [-0.1, -0.05) is 6.92 Å². The van der Waals surface area contributed by atoms with Crippen molar-refractivity contribution in [3.63, 3.8) is 0 Å². The molecule has 7 heteroatoms. The Bertz CT molecular complexity index is 656. The number of rotatable bonds is 3. The average molecular weight is 339 g/mol. The van der Waals surface area contributed by atoms with E-state index in [1.165, 1.54) is 4.88 Å². The van der Waals surface area contributed by atoms with Crippen molar-refractivity contribution in [2.75, 3.05) is 24.1 Å². The zero-order chi connectivity index (χ0) is 14.8. The maximum Gasteiger partial charge on any atom is 0.257 e. The molecule has 1 aromatic carbocycles. The van der Waals surface area contributed by atoms with E-state index in [0.717, 1.165) is 31.7 Å². The molecular weight excluding hydrogens is 320 g/mol. The number of halogens is 1. The van der Waals surface area contributed by atoms with Crippen LogP contribution in [0.15, 0.2) is 24.3 Å². The van der Waals surface area contributed by atoms with Crippen LogP contribution in [0.1, 0.15) is 27.9 Å². The van der Waals surface area contributed by atoms with E-state index in [2.05, 4.69) is 22.1 Å². The number of nitrogens with two attached hydrogens (primary N) is 1. The molecule has 0 saturated heterocycles. The van der Waals surface area contributed by atoms with Crippen LogP contribution in [0, 0.1) is 0 Å². The standard InChI is InChI=1S/C15H18N4OS.ClH/c1-2-19-8-7-12-13(9-19)21-15(17-12)18-14(20)10-3-5-11(16)6-4-10;/h3-6H,2,7-9,16H2,1H3,(H,17,18,20);1H. The highest BCUT2D eigenvalue weighted by atomic mass is 35.5. The zero-order valence-corrected chi connectivity index (χ0v) is 14.0. The van der Waals surface area contributed by atoms with Gasteiger partial charge in [-0.2, -0.15) is 0 Å². The highest BCUT2D eigenvalue weighted by Gasteiger charge is 2.20. The van der Waals surface area contributed by atoms with Crippen LogP contribution in [0.5, 0.6) is 0 Å². The maximum atomic E-state index is 12.2. The van der Waals surface area contributed by atoms with Crippen LogP contribution >= 0.6 is 23.7 Å². The van der Waals surface area contributed by atoms with Gasteiger partial charge in [-0.3, -0.25) is 15.0 Å². The van der Waals surface area contributed by atoms with E-state index in [1.54, 1.807) is 35.6 Å². The molecule has 2 aromatic rings. The third-order valence-electron chi connectivity index (χ3n) is 3.65. The second-order valence-electron chi connectivity index (χ2n) is 5.08. The quantitative estimate of drug-likeness (QED) is 0.844. The lowest BCUT2D eigenvalue weighted by molar-refractivity contribution is 0.102. The smallest absolute Gasteiger partial charge is 0.257 e. The summed E-state index contributed by atoms with van der Waals surface area (Å²) in [7, 11) is 0. The second-order valence-corrected chi connectivity index (χ2v) is 6.17. The highest BCUT2D eigenvalue weighted by molar-refractivity contribution is 7.15. The second kappa shape index (κ2) is 7.09. The van der Waals surface area contributed by atoms with Gasteiger partial charge in [0.25, 0.3) is 5.91 Å². The molecule has 5 nitrogen and oxygen atoms in total. The van der Waals surface area contributed by atoms with Gasteiger partial charge < -0.3 is 5.73 Å². The topological polar surface area (TPSA) is 71.2 Å². The number of nitrogens with one attached hydrogen (secondary N) is 1. The molecule has 1 amide bonds. The fraction of sp³-hybridized carbons (Fsp3) is 0.333. The minimum Gasteiger partial charge on any atom is -0.399 e. The van der Waals surface area contributed by atoms with E-state index in [9.17, 15) is 4.79 Å². The monoisotopic (exact) mass is 338 g/mol. The molecule has 2 heterocycles. The Morgan fingerprint density at radius 1 is 1.41 bits per heavy atom. The lowest BCUT2D eigenvalue weighted by atomic mass is 10.2. The molecular formula is C15H19ClN4OS. The summed E-state index contributed by atoms with van der Waals surface area (Å²) in [6, 6.07) is 6.88. The number of likely N-dealkylation sites (N-methyl/N-ethyl adjacent to an activating group) is 1. The van der Waals surface area contributed by atoms with E-state index < -0.39 is 0 Å². The Kier molecular flexibility index (Phi) is 5.39. The van der Waals surface area contributed by atoms with Gasteiger partial charge in [-0.25, -0.2) is 4.98 Å². The number of hydrogen-bond acceptors (Lipinski definition) is 5. The molecule has 22 heavy (non-hydrogen) atoms. The number of benzene rings is 1. The molecule has 1 aromatic heterocycles. The van der Waals surface area contributed by atoms with Gasteiger partial charge in [-0.05, 0) is 30.8 Å². The van der Waals surface area contributed by atoms with Crippen molar-refractivity contribution in [1.82, 2.24) is 9.88 Å². The van der Waals surface area contributed by atoms with Crippen LogP contribution < -0.4 is 11.1 Å². The third kappa shape index (κ3) is 3.58. The summed E-state index contributed by atoms with van der Waals surface area (Å²) in [5.74, 6) is -0.145. The number of carbonyl (C=O) groups is 1. The van der Waals surface area contributed by atoms with Crippen LogP contribution in [-0.4, -0.2) is 28.9 Å². The van der Waals surface area contributed by atoms with Crippen LogP contribution in [0.4, 0.5) is 10.8 Å². The first kappa shape index (κ1) is 16.7. The van der Waals surface area contributed by atoms with Crippen LogP contribution in [0.2, 0.25) is 0 Å². The zero-order valence-electron chi connectivity index (χ0n) is 12.3. The molecule has 0 fully saturated rings. The molecule has 1 aliphatic rings. The number of thiazole rings is 1. The molecule has 118 valence electrons. The summed E-state index contributed by atoms with van der Waals surface area (Å²) >= 11 is 1.57. The Hall–Kier alpha value is -1.63. The summed E-state index contributed by atoms with van der Waals surface area (Å²) in [6.07, 6.45) is 0.956. The van der Waals surface area contributed by atoms with E-state index in [0.29, 0.717) is 16.4 Å². The normalized spacial score (nSPS) is 14.0. The van der Waals surface area contributed by atoms with Crippen LogP contribution in [-0.2, 0) is 13.0 Å². The average Bonchev–Trinajstić information content (AvgIpc) is 2.88. The Labute approximate surface area is 139 Å². The molecule has 0 radical (unpaired) electrons. The van der Waals surface area contributed by atoms with Crippen molar-refractivity contribution in [1.29, 1.82) is 0 Å². The van der Waals surface area contributed by atoms with Crippen LogP contribution in [0.3, 0.4) is 0 Å². The number of amides is 1. The van der Waals surface area contributed by atoms with Gasteiger partial charge in [0, 0.05) is 35.6 Å². The molecule has 0 bridgehead atoms. The van der Waals surface area contributed by atoms with E-state index >= 15 is 0 Å². The molecule has 0 spiro atoms. The molecule has 0 saturated carbocycles. The number of anilines is 2. The first-order valence-corrected chi connectivity index (χ1v) is 7.85. The fourth-order valence-corrected chi connectivity index (χ4v) is 3.42. The summed E-state index contributed by atoms with van der Waals surface area (Å²) < 4.78 is 0. The minimum absolute atomic E-state index is 0. The highest BCUT2D eigenvalue weighted by Crippen LogP contribution is 2.28. The Morgan fingerprint density at radius 3 is 2.82 bits per heavy atom. The van der Waals surface area contributed by atoms with Crippen LogP contribution in [0.25, 0.3) is 0 Å². The largest absolute Gasteiger partial charge is 0.399 e. The van der Waals surface area contributed by atoms with Crippen molar-refractivity contribution in [3.8, 4) is 0 Å². The van der Waals surface area contributed by atoms with Crippen molar-refractivity contribution >= 4 is 40.5 Å². The number of aromatic nitrogens is 1. The van der Waals surface area contributed by atoms with Gasteiger partial charge in [0.1, 0.15) is 0 Å². The predicted octanol–water partition coefficient (Wildman–Crippen LogP) is 2.78. The third-order valence-corrected chi connectivity index (χ3v) is 4.65. The van der Waals surface area contributed by atoms with E-state index in [-0.39, 0.29) is 18.3 Å². The minimum atomic E-state index is -0.145. The molecule has 0 aliphatic carbocycles. The van der Waals surface area contributed by atoms with Gasteiger partial charge >= 0.3 is 0 Å². The van der Waals surface area contributed by atoms with Gasteiger partial charge in [-0.15, -0.1) is 23.7 Å². The summed E-state index contributed by atoms with van der Waals surface area (Å²) in [4.78, 5) is 20.3. The predicted molar refractivity (Wildman–Crippen MR) is 92.8 cm³/mol. The van der Waals surface area contributed by atoms with E-state index in [4.69, 9.17) is 5.73 Å². The number of nitrogens with zero attached hydrogens (tertiary/aromatic N) is 2. The van der Waals surface area contributed by atoms with Gasteiger partial charge in [0.05, 0.1) is 5.69 Å². The van der Waals surface area contributed by atoms with Crippen molar-refractivity contribution in [2.24, 2.45) is 0 Å². The van der Waals surface area contributed by atoms with Gasteiger partial charge in [0.2, 0.25) is 0 Å². The molecule has 0 unspecified atom stereocenters. The van der Waals surface area contributed by atoms with Crippen molar-refractivity contribution < 1.29 is 4.79 Å². The number of nitrogen functional groups attached to an aromatic ring is 1. The Morgan fingerprint density at radius 2 is 2.14 bits per heavy atom. The first-order valence-electron chi connectivity index (χ1n) is 7.03. The number of carbonyl (C=O) groups excluding carboxylic acids is 1. The van der Waals surface area contributed by atoms with E-state index in [1.807, 2.05) is 0 Å². The molecule has 3 rings (SSSR count). The molecule has 0 atom stereocenters. The Balaban J connectivity index is 0.00000176. The lowest BCUT2D eigenvalue weighted by Crippen LogP contribution is -2.29. The molecule has 3 N–H and O–H groups in total. The SMILES string of the molecule is CCN1CCc2nc(NC(=O)c3ccc(N)cc3)sc2C1.Cl. The fourth-order valence-electron chi connectivity index (χ4n) is 2.38. The maximum absolute atomic E-state index is 12.2. The van der Waals surface area contributed by atoms with Crippen molar-refractivity contribution in [2.45, 2.75) is 19.9 Å². The lowest BCUT2D eigenvalue weighted by Gasteiger charge is -2.23. The van der Waals surface area contributed by atoms with Crippen molar-refractivity contribution in [3.05, 3.63) is 40.4 Å². The number of fused-ring (bicyclic) bond motifs is 1. The number of hydrogen-bond donors (Lipinski definition) is 2. The summed E-state index contributed by atoms with van der Waals surface area (Å²) in [5.41, 5.74) is 7.99. The summed E-state index contributed by atoms with van der Waals surface area (Å²) in [5, 5.41) is 3.56. The first-order chi connectivity index (χ1) is 10.2.